The minimum absolute atomic E-state index is 0.0330. The maximum absolute atomic E-state index is 12.9. The summed E-state index contributed by atoms with van der Waals surface area (Å²) in [4.78, 5) is 24.7. The van der Waals surface area contributed by atoms with Crippen LogP contribution in [0.4, 0.5) is 11.4 Å². The van der Waals surface area contributed by atoms with E-state index in [2.05, 4.69) is 0 Å². The monoisotopic (exact) mass is 363 g/mol. The first kappa shape index (κ1) is 16.6. The van der Waals surface area contributed by atoms with Crippen molar-refractivity contribution in [1.29, 1.82) is 5.26 Å². The van der Waals surface area contributed by atoms with Crippen LogP contribution in [0.1, 0.15) is 11.6 Å². The van der Waals surface area contributed by atoms with Crippen molar-refractivity contribution in [3.05, 3.63) is 69.8 Å². The molecule has 2 atom stereocenters. The van der Waals surface area contributed by atoms with Crippen LogP contribution < -0.4 is 14.4 Å². The smallest absolute Gasteiger partial charge is 0.269 e. The molecular weight excluding hydrogens is 350 g/mol. The van der Waals surface area contributed by atoms with Gasteiger partial charge in [0.1, 0.15) is 35.3 Å². The summed E-state index contributed by atoms with van der Waals surface area (Å²) >= 11 is 0. The molecule has 2 aromatic rings. The van der Waals surface area contributed by atoms with Crippen LogP contribution in [0.25, 0.3) is 0 Å². The predicted octanol–water partition coefficient (Wildman–Crippen LogP) is 2.90. The minimum Gasteiger partial charge on any atom is -0.497 e. The van der Waals surface area contributed by atoms with E-state index in [1.54, 1.807) is 25.3 Å². The van der Waals surface area contributed by atoms with Gasteiger partial charge in [0, 0.05) is 23.4 Å². The second kappa shape index (κ2) is 6.14. The number of rotatable bonds is 3. The fourth-order valence-corrected chi connectivity index (χ4v) is 3.38. The zero-order valence-corrected chi connectivity index (χ0v) is 14.2. The molecule has 2 aliphatic heterocycles. The molecule has 2 heterocycles. The van der Waals surface area contributed by atoms with Gasteiger partial charge in [-0.3, -0.25) is 19.8 Å². The molecule has 2 aromatic carbocycles. The van der Waals surface area contributed by atoms with Crippen LogP contribution in [0.2, 0.25) is 0 Å². The zero-order valence-electron chi connectivity index (χ0n) is 14.2. The summed E-state index contributed by atoms with van der Waals surface area (Å²) in [5.41, 5.74) is 1.08. The van der Waals surface area contributed by atoms with Crippen molar-refractivity contribution < 1.29 is 19.2 Å². The highest BCUT2D eigenvalue weighted by Gasteiger charge is 2.45. The summed E-state index contributed by atoms with van der Waals surface area (Å²) in [6, 6.07) is 12.3. The Bertz CT molecular complexity index is 1020. The Labute approximate surface area is 154 Å². The van der Waals surface area contributed by atoms with Crippen molar-refractivity contribution in [2.45, 2.75) is 12.1 Å². The Morgan fingerprint density at radius 3 is 2.63 bits per heavy atom. The van der Waals surface area contributed by atoms with Gasteiger partial charge in [-0.15, -0.1) is 0 Å². The Morgan fingerprint density at radius 1 is 1.26 bits per heavy atom. The third-order valence-corrected chi connectivity index (χ3v) is 4.63. The lowest BCUT2D eigenvalue weighted by Crippen LogP contribution is -2.44. The Morgan fingerprint density at radius 2 is 2.00 bits per heavy atom. The molecule has 4 rings (SSSR count). The molecule has 27 heavy (non-hydrogen) atoms. The normalized spacial score (nSPS) is 20.1. The number of methoxy groups -OCH3 is 1. The molecular formula is C19H13N3O5. The quantitative estimate of drug-likeness (QED) is 0.613. The number of ether oxygens (including phenoxy) is 2. The van der Waals surface area contributed by atoms with Crippen LogP contribution in [-0.4, -0.2) is 24.0 Å². The second-order valence-corrected chi connectivity index (χ2v) is 6.07. The number of nitriles is 1. The minimum atomic E-state index is -0.533. The highest BCUT2D eigenvalue weighted by atomic mass is 16.6. The van der Waals surface area contributed by atoms with Gasteiger partial charge >= 0.3 is 0 Å². The van der Waals surface area contributed by atoms with Gasteiger partial charge < -0.3 is 9.47 Å². The van der Waals surface area contributed by atoms with E-state index in [0.717, 1.165) is 5.56 Å². The van der Waals surface area contributed by atoms with Gasteiger partial charge in [0.25, 0.3) is 11.6 Å². The molecule has 0 radical (unpaired) electrons. The van der Waals surface area contributed by atoms with Crippen molar-refractivity contribution in [2.75, 3.05) is 12.0 Å². The highest BCUT2D eigenvalue weighted by Crippen LogP contribution is 2.46. The molecule has 0 saturated heterocycles. The summed E-state index contributed by atoms with van der Waals surface area (Å²) in [5.74, 6) is 0.733. The average Bonchev–Trinajstić information content (AvgIpc) is 3.04. The van der Waals surface area contributed by atoms with Gasteiger partial charge in [-0.2, -0.15) is 5.26 Å². The topological polar surface area (TPSA) is 106 Å². The second-order valence-electron chi connectivity index (χ2n) is 6.07. The van der Waals surface area contributed by atoms with Crippen molar-refractivity contribution in [2.24, 2.45) is 0 Å². The molecule has 134 valence electrons. The van der Waals surface area contributed by atoms with E-state index >= 15 is 0 Å². The van der Waals surface area contributed by atoms with Crippen LogP contribution in [0.15, 0.2) is 54.1 Å². The highest BCUT2D eigenvalue weighted by molar-refractivity contribution is 6.10. The number of nitrogens with zero attached hydrogens (tertiary/aromatic N) is 3. The molecule has 0 fully saturated rings. The number of nitro groups is 1. The molecule has 0 N–H and O–H groups in total. The maximum atomic E-state index is 12.9. The number of nitro benzene ring substituents is 1. The van der Waals surface area contributed by atoms with Gasteiger partial charge in [0.15, 0.2) is 0 Å². The zero-order chi connectivity index (χ0) is 19.1. The maximum Gasteiger partial charge on any atom is 0.269 e. The van der Waals surface area contributed by atoms with Crippen LogP contribution >= 0.6 is 0 Å². The number of fused-ring (bicyclic) bond motifs is 3. The molecule has 2 unspecified atom stereocenters. The summed E-state index contributed by atoms with van der Waals surface area (Å²) in [7, 11) is 1.54. The van der Waals surface area contributed by atoms with Crippen LogP contribution in [-0.2, 0) is 4.79 Å². The Kier molecular flexibility index (Phi) is 3.78. The molecule has 0 aromatic heterocycles. The lowest BCUT2D eigenvalue weighted by Gasteiger charge is -2.34. The van der Waals surface area contributed by atoms with E-state index in [1.807, 2.05) is 6.07 Å². The van der Waals surface area contributed by atoms with Gasteiger partial charge in [-0.25, -0.2) is 0 Å². The number of amides is 1. The fraction of sp³-hybridized carbons (Fsp3) is 0.158. The van der Waals surface area contributed by atoms with E-state index in [0.29, 0.717) is 17.2 Å². The molecule has 0 saturated carbocycles. The fourth-order valence-electron chi connectivity index (χ4n) is 3.38. The first-order valence-corrected chi connectivity index (χ1v) is 8.08. The van der Waals surface area contributed by atoms with Crippen molar-refractivity contribution >= 4 is 17.3 Å². The van der Waals surface area contributed by atoms with Gasteiger partial charge in [0.2, 0.25) is 0 Å². The number of anilines is 1. The lowest BCUT2D eigenvalue weighted by molar-refractivity contribution is -0.384. The number of hydrogen-bond donors (Lipinski definition) is 0. The standard InChI is InChI=1S/C19H13N3O5/c1-26-14-6-7-16-15(9-14)18-17(27-16)8-11(10-20)19(23)21(18)12-2-4-13(5-3-12)22(24)25/h2-9,17-18H,1H3. The summed E-state index contributed by atoms with van der Waals surface area (Å²) in [5, 5.41) is 20.2. The molecule has 8 nitrogen and oxygen atoms in total. The molecule has 0 bridgehead atoms. The van der Waals surface area contributed by atoms with E-state index in [9.17, 15) is 20.2 Å². The third kappa shape index (κ3) is 2.57. The van der Waals surface area contributed by atoms with Crippen molar-refractivity contribution in [3.8, 4) is 17.6 Å². The SMILES string of the molecule is COc1ccc2c(c1)C1C(C=C(C#N)C(=O)N1c1ccc([N+](=O)[O-])cc1)O2. The molecule has 0 spiro atoms. The number of carbonyl (C=O) groups is 1. The lowest BCUT2D eigenvalue weighted by atomic mass is 9.94. The average molecular weight is 363 g/mol. The number of carbonyl (C=O) groups excluding carboxylic acids is 1. The molecule has 8 heteroatoms. The largest absolute Gasteiger partial charge is 0.497 e. The number of hydrogen-bond acceptors (Lipinski definition) is 6. The van der Waals surface area contributed by atoms with Crippen LogP contribution in [0.5, 0.6) is 11.5 Å². The van der Waals surface area contributed by atoms with E-state index in [1.165, 1.54) is 35.2 Å². The van der Waals surface area contributed by atoms with Crippen LogP contribution in [0.3, 0.4) is 0 Å². The number of non-ortho nitro benzene ring substituents is 1. The predicted molar refractivity (Wildman–Crippen MR) is 94.4 cm³/mol. The van der Waals surface area contributed by atoms with Crippen LogP contribution in [0, 0.1) is 21.4 Å². The Balaban J connectivity index is 1.84. The summed E-state index contributed by atoms with van der Waals surface area (Å²) < 4.78 is 11.2. The number of benzene rings is 2. The first-order chi connectivity index (χ1) is 13.0. The van der Waals surface area contributed by atoms with Gasteiger partial charge in [0.05, 0.1) is 12.0 Å². The van der Waals surface area contributed by atoms with E-state index < -0.39 is 23.0 Å². The van der Waals surface area contributed by atoms with Gasteiger partial charge in [-0.1, -0.05) is 0 Å². The summed E-state index contributed by atoms with van der Waals surface area (Å²) in [6.07, 6.45) is 0.983. The molecule has 2 aliphatic rings. The third-order valence-electron chi connectivity index (χ3n) is 4.63. The van der Waals surface area contributed by atoms with Crippen molar-refractivity contribution in [3.63, 3.8) is 0 Å². The van der Waals surface area contributed by atoms with E-state index in [-0.39, 0.29) is 11.3 Å². The summed E-state index contributed by atoms with van der Waals surface area (Å²) in [6.45, 7) is 0. The van der Waals surface area contributed by atoms with Gasteiger partial charge in [-0.05, 0) is 36.4 Å². The van der Waals surface area contributed by atoms with E-state index in [4.69, 9.17) is 9.47 Å². The molecule has 1 amide bonds. The van der Waals surface area contributed by atoms with Crippen molar-refractivity contribution in [1.82, 2.24) is 0 Å². The molecule has 0 aliphatic carbocycles. The Hall–Kier alpha value is -3.86. The first-order valence-electron chi connectivity index (χ1n) is 8.08.